The largest absolute Gasteiger partial charge is 0.496 e. The average Bonchev–Trinajstić information content (AvgIpc) is 2.76. The SMILES string of the molecule is COc1cc(SC)ccc1C(=O)Nc1ccc(NC(=O)c2cc(F)c(F)cc2Cl)cc1. The zero-order chi connectivity index (χ0) is 22.5. The highest BCUT2D eigenvalue weighted by molar-refractivity contribution is 7.98. The molecule has 0 saturated heterocycles. The zero-order valence-corrected chi connectivity index (χ0v) is 18.0. The lowest BCUT2D eigenvalue weighted by molar-refractivity contribution is 0.101. The van der Waals surface area contributed by atoms with Crippen LogP contribution in [0.25, 0.3) is 0 Å². The van der Waals surface area contributed by atoms with Gasteiger partial charge < -0.3 is 15.4 Å². The van der Waals surface area contributed by atoms with Crippen LogP contribution in [-0.2, 0) is 0 Å². The second kappa shape index (κ2) is 9.80. The molecule has 2 amide bonds. The number of rotatable bonds is 6. The topological polar surface area (TPSA) is 67.4 Å². The Hall–Kier alpha value is -3.10. The number of carbonyl (C=O) groups is 2. The van der Waals surface area contributed by atoms with Crippen molar-refractivity contribution in [2.75, 3.05) is 24.0 Å². The van der Waals surface area contributed by atoms with Gasteiger partial charge in [0.2, 0.25) is 0 Å². The Bertz CT molecular complexity index is 1140. The maximum Gasteiger partial charge on any atom is 0.259 e. The van der Waals surface area contributed by atoms with E-state index < -0.39 is 17.5 Å². The summed E-state index contributed by atoms with van der Waals surface area (Å²) in [5, 5.41) is 5.09. The average molecular weight is 463 g/mol. The van der Waals surface area contributed by atoms with Crippen molar-refractivity contribution in [2.24, 2.45) is 0 Å². The molecule has 0 fully saturated rings. The van der Waals surface area contributed by atoms with Crippen LogP contribution in [0.2, 0.25) is 5.02 Å². The molecule has 9 heteroatoms. The Balaban J connectivity index is 1.70. The van der Waals surface area contributed by atoms with Crippen molar-refractivity contribution in [3.63, 3.8) is 0 Å². The molecule has 0 aliphatic carbocycles. The van der Waals surface area contributed by atoms with Crippen LogP contribution in [0.15, 0.2) is 59.5 Å². The first-order valence-electron chi connectivity index (χ1n) is 8.91. The molecule has 0 spiro atoms. The monoisotopic (exact) mass is 462 g/mol. The van der Waals surface area contributed by atoms with Gasteiger partial charge in [0.05, 0.1) is 23.3 Å². The van der Waals surface area contributed by atoms with Gasteiger partial charge in [-0.05, 0) is 60.9 Å². The summed E-state index contributed by atoms with van der Waals surface area (Å²) in [7, 11) is 1.49. The maximum absolute atomic E-state index is 13.4. The number of methoxy groups -OCH3 is 1. The van der Waals surface area contributed by atoms with Crippen LogP contribution < -0.4 is 15.4 Å². The third-order valence-corrected chi connectivity index (χ3v) is 5.35. The number of thioether (sulfide) groups is 1. The molecular formula is C22H17ClF2N2O3S. The molecule has 160 valence electrons. The number of nitrogens with one attached hydrogen (secondary N) is 2. The van der Waals surface area contributed by atoms with Crippen LogP contribution in [0.3, 0.4) is 0 Å². The third-order valence-electron chi connectivity index (χ3n) is 4.31. The van der Waals surface area contributed by atoms with E-state index in [2.05, 4.69) is 10.6 Å². The molecular weight excluding hydrogens is 446 g/mol. The molecule has 5 nitrogen and oxygen atoms in total. The fraction of sp³-hybridized carbons (Fsp3) is 0.0909. The summed E-state index contributed by atoms with van der Waals surface area (Å²) in [6.07, 6.45) is 1.93. The normalized spacial score (nSPS) is 10.5. The smallest absolute Gasteiger partial charge is 0.259 e. The molecule has 0 bridgehead atoms. The van der Waals surface area contributed by atoms with Crippen LogP contribution in [0.4, 0.5) is 20.2 Å². The van der Waals surface area contributed by atoms with E-state index in [4.69, 9.17) is 16.3 Å². The minimum atomic E-state index is -1.17. The Kier molecular flexibility index (Phi) is 7.14. The minimum absolute atomic E-state index is 0.196. The highest BCUT2D eigenvalue weighted by Gasteiger charge is 2.16. The predicted molar refractivity (Wildman–Crippen MR) is 118 cm³/mol. The van der Waals surface area contributed by atoms with Crippen LogP contribution in [0, 0.1) is 11.6 Å². The molecule has 0 aliphatic rings. The van der Waals surface area contributed by atoms with Crippen LogP contribution >= 0.6 is 23.4 Å². The van der Waals surface area contributed by atoms with Crippen LogP contribution in [-0.4, -0.2) is 25.2 Å². The van der Waals surface area contributed by atoms with E-state index in [0.717, 1.165) is 17.0 Å². The maximum atomic E-state index is 13.4. The summed E-state index contributed by atoms with van der Waals surface area (Å²) in [5.74, 6) is -2.90. The van der Waals surface area contributed by atoms with Gasteiger partial charge in [-0.25, -0.2) is 8.78 Å². The molecule has 0 unspecified atom stereocenters. The molecule has 0 aliphatic heterocycles. The van der Waals surface area contributed by atoms with E-state index in [-0.39, 0.29) is 16.5 Å². The summed E-state index contributed by atoms with van der Waals surface area (Å²) in [4.78, 5) is 25.9. The molecule has 31 heavy (non-hydrogen) atoms. The summed E-state index contributed by atoms with van der Waals surface area (Å²) in [6.45, 7) is 0. The lowest BCUT2D eigenvalue weighted by atomic mass is 10.1. The summed E-state index contributed by atoms with van der Waals surface area (Å²) in [5.41, 5.74) is 1.06. The first-order chi connectivity index (χ1) is 14.8. The van der Waals surface area contributed by atoms with Gasteiger partial charge in [-0.2, -0.15) is 0 Å². The molecule has 0 saturated carbocycles. The number of anilines is 2. The number of hydrogen-bond donors (Lipinski definition) is 2. The van der Waals surface area contributed by atoms with E-state index in [0.29, 0.717) is 22.7 Å². The fourth-order valence-electron chi connectivity index (χ4n) is 2.72. The van der Waals surface area contributed by atoms with E-state index in [1.807, 2.05) is 12.3 Å². The Labute approximate surface area is 186 Å². The van der Waals surface area contributed by atoms with Gasteiger partial charge >= 0.3 is 0 Å². The molecule has 3 rings (SSSR count). The van der Waals surface area contributed by atoms with Crippen molar-refractivity contribution in [2.45, 2.75) is 4.90 Å². The van der Waals surface area contributed by atoms with E-state index in [1.165, 1.54) is 18.9 Å². The fourth-order valence-corrected chi connectivity index (χ4v) is 3.38. The van der Waals surface area contributed by atoms with E-state index in [9.17, 15) is 18.4 Å². The molecule has 0 radical (unpaired) electrons. The van der Waals surface area contributed by atoms with Gasteiger partial charge in [-0.15, -0.1) is 11.8 Å². The van der Waals surface area contributed by atoms with Crippen molar-refractivity contribution in [1.82, 2.24) is 0 Å². The third kappa shape index (κ3) is 5.34. The van der Waals surface area contributed by atoms with Crippen molar-refractivity contribution in [1.29, 1.82) is 0 Å². The summed E-state index contributed by atoms with van der Waals surface area (Å²) < 4.78 is 31.9. The molecule has 3 aromatic rings. The van der Waals surface area contributed by atoms with Crippen LogP contribution in [0.1, 0.15) is 20.7 Å². The van der Waals surface area contributed by atoms with Crippen molar-refractivity contribution < 1.29 is 23.1 Å². The quantitative estimate of drug-likeness (QED) is 0.356. The predicted octanol–water partition coefficient (Wildman–Crippen LogP) is 5.85. The van der Waals surface area contributed by atoms with Crippen LogP contribution in [0.5, 0.6) is 5.75 Å². The molecule has 0 heterocycles. The molecule has 0 atom stereocenters. The first kappa shape index (κ1) is 22.6. The summed E-state index contributed by atoms with van der Waals surface area (Å²) >= 11 is 7.36. The second-order valence-electron chi connectivity index (χ2n) is 6.30. The van der Waals surface area contributed by atoms with Crippen molar-refractivity contribution in [3.05, 3.63) is 82.4 Å². The lowest BCUT2D eigenvalue weighted by Gasteiger charge is -2.11. The van der Waals surface area contributed by atoms with Gasteiger partial charge in [0, 0.05) is 16.3 Å². The van der Waals surface area contributed by atoms with Gasteiger partial charge in [-0.1, -0.05) is 11.6 Å². The van der Waals surface area contributed by atoms with Crippen molar-refractivity contribution >= 4 is 46.6 Å². The van der Waals surface area contributed by atoms with Gasteiger partial charge in [-0.3, -0.25) is 9.59 Å². The second-order valence-corrected chi connectivity index (χ2v) is 7.58. The standard InChI is InChI=1S/C22H17ClF2N2O3S/c1-30-20-9-14(31-2)7-8-15(20)21(28)26-12-3-5-13(6-4-12)27-22(29)16-10-18(24)19(25)11-17(16)23/h3-11H,1-2H3,(H,26,28)(H,27,29). The highest BCUT2D eigenvalue weighted by atomic mass is 35.5. The van der Waals surface area contributed by atoms with Crippen molar-refractivity contribution in [3.8, 4) is 5.75 Å². The number of ether oxygens (including phenoxy) is 1. The van der Waals surface area contributed by atoms with E-state index >= 15 is 0 Å². The van der Waals surface area contributed by atoms with E-state index in [1.54, 1.807) is 36.4 Å². The number of amides is 2. The lowest BCUT2D eigenvalue weighted by Crippen LogP contribution is -2.14. The Morgan fingerprint density at radius 3 is 1.97 bits per heavy atom. The van der Waals surface area contributed by atoms with Gasteiger partial charge in [0.1, 0.15) is 5.75 Å². The van der Waals surface area contributed by atoms with Gasteiger partial charge in [0.15, 0.2) is 11.6 Å². The number of hydrogen-bond acceptors (Lipinski definition) is 4. The first-order valence-corrected chi connectivity index (χ1v) is 10.5. The number of benzene rings is 3. The molecule has 3 aromatic carbocycles. The number of halogens is 3. The number of carbonyl (C=O) groups excluding carboxylic acids is 2. The van der Waals surface area contributed by atoms with Gasteiger partial charge in [0.25, 0.3) is 11.8 Å². The minimum Gasteiger partial charge on any atom is -0.496 e. The highest BCUT2D eigenvalue weighted by Crippen LogP contribution is 2.26. The summed E-state index contributed by atoms with van der Waals surface area (Å²) in [6, 6.07) is 13.0. The zero-order valence-electron chi connectivity index (χ0n) is 16.5. The molecule has 2 N–H and O–H groups in total. The Morgan fingerprint density at radius 1 is 0.871 bits per heavy atom. The Morgan fingerprint density at radius 2 is 1.42 bits per heavy atom. The molecule has 0 aromatic heterocycles.